The summed E-state index contributed by atoms with van der Waals surface area (Å²) in [6, 6.07) is 24.9. The molecule has 16 nitrogen and oxygen atoms in total. The number of amides is 6. The van der Waals surface area contributed by atoms with Gasteiger partial charge in [0.1, 0.15) is 6.04 Å². The lowest BCUT2D eigenvalue weighted by Gasteiger charge is -2.36. The lowest BCUT2D eigenvalue weighted by Crippen LogP contribution is -2.54. The lowest BCUT2D eigenvalue weighted by atomic mass is 10.0. The quantitative estimate of drug-likeness (QED) is 0.113. The number of carbonyl (C=O) groups is 6. The van der Waals surface area contributed by atoms with Gasteiger partial charge >= 0.3 is 0 Å². The lowest BCUT2D eigenvalue weighted by molar-refractivity contribution is -0.136. The van der Waals surface area contributed by atoms with Crippen LogP contribution in [-0.2, 0) is 20.8 Å². The Labute approximate surface area is 378 Å². The first-order chi connectivity index (χ1) is 31.5. The molecule has 65 heavy (non-hydrogen) atoms. The Hall–Kier alpha value is -7.24. The Morgan fingerprint density at radius 3 is 2.31 bits per heavy atom. The van der Waals surface area contributed by atoms with Crippen LogP contribution in [0.1, 0.15) is 55.9 Å². The van der Waals surface area contributed by atoms with E-state index in [1.165, 1.54) is 0 Å². The summed E-state index contributed by atoms with van der Waals surface area (Å²) in [5.41, 5.74) is 4.15. The molecule has 2 atom stereocenters. The van der Waals surface area contributed by atoms with Gasteiger partial charge in [0.25, 0.3) is 17.7 Å². The van der Waals surface area contributed by atoms with Gasteiger partial charge in [-0.3, -0.25) is 43.9 Å². The number of hydrogen-bond acceptors (Lipinski definition) is 12. The second-order valence-electron chi connectivity index (χ2n) is 16.5. The van der Waals surface area contributed by atoms with Crippen molar-refractivity contribution in [2.24, 2.45) is 5.92 Å². The Bertz CT molecular complexity index is 2700. The van der Waals surface area contributed by atoms with Crippen molar-refractivity contribution in [3.05, 3.63) is 130 Å². The molecule has 0 spiro atoms. The van der Waals surface area contributed by atoms with Crippen LogP contribution in [0.5, 0.6) is 0 Å². The third-order valence-electron chi connectivity index (χ3n) is 12.2. The zero-order valence-corrected chi connectivity index (χ0v) is 35.8. The van der Waals surface area contributed by atoms with Crippen LogP contribution in [-0.4, -0.2) is 112 Å². The van der Waals surface area contributed by atoms with Crippen molar-refractivity contribution in [1.82, 2.24) is 30.0 Å². The summed E-state index contributed by atoms with van der Waals surface area (Å²) in [6.45, 7) is 4.95. The molecule has 3 fully saturated rings. The standard InChI is InChI=1S/C47H44ClFN10O6/c48-34-5-1-2-6-36(34)53-43(62)30-10-14-31(15-11-30)51-42-35(49)25-50-47(55-42)52-32-12-8-28(9-13-32)24-40(61)57-22-20-56(21-23-57)26-29-18-19-58(27-29)37-7-3-4-33-41(37)46(65)59(45(33)64)38-16-17-39(60)54-44(38)63/h1-15,25,29,38H,16-24,26-27H2,(H,53,62)(H,54,60,63)(H2,50,51,52,55). The fourth-order valence-corrected chi connectivity index (χ4v) is 8.92. The van der Waals surface area contributed by atoms with Gasteiger partial charge in [-0.05, 0) is 85.0 Å². The molecule has 4 aliphatic rings. The van der Waals surface area contributed by atoms with Crippen molar-refractivity contribution in [2.75, 3.05) is 66.7 Å². The van der Waals surface area contributed by atoms with Crippen molar-refractivity contribution in [2.45, 2.75) is 31.7 Å². The molecule has 2 unspecified atom stereocenters. The molecule has 332 valence electrons. The number of imide groups is 2. The van der Waals surface area contributed by atoms with Gasteiger partial charge in [0, 0.05) is 69.2 Å². The minimum atomic E-state index is -1.01. The number of aromatic nitrogens is 2. The first kappa shape index (κ1) is 43.0. The molecule has 3 saturated heterocycles. The number of hydrogen-bond donors (Lipinski definition) is 4. The summed E-state index contributed by atoms with van der Waals surface area (Å²) in [5, 5.41) is 11.4. The number of anilines is 6. The fraction of sp³-hybridized carbons (Fsp3) is 0.277. The molecule has 9 rings (SSSR count). The van der Waals surface area contributed by atoms with Crippen molar-refractivity contribution >= 4 is 81.6 Å². The van der Waals surface area contributed by atoms with Crippen molar-refractivity contribution in [3.8, 4) is 0 Å². The second kappa shape index (κ2) is 18.5. The van der Waals surface area contributed by atoms with Crippen molar-refractivity contribution in [3.63, 3.8) is 0 Å². The number of nitrogens with zero attached hydrogens (tertiary/aromatic N) is 6. The van der Waals surface area contributed by atoms with E-state index in [9.17, 15) is 33.2 Å². The first-order valence-electron chi connectivity index (χ1n) is 21.4. The highest BCUT2D eigenvalue weighted by Crippen LogP contribution is 2.36. The molecule has 1 aromatic heterocycles. The van der Waals surface area contributed by atoms with Crippen LogP contribution >= 0.6 is 11.6 Å². The molecule has 0 bridgehead atoms. The van der Waals surface area contributed by atoms with E-state index < -0.39 is 35.5 Å². The summed E-state index contributed by atoms with van der Waals surface area (Å²) in [5.74, 6) is -2.61. The predicted molar refractivity (Wildman–Crippen MR) is 241 cm³/mol. The van der Waals surface area contributed by atoms with Crippen LogP contribution in [0, 0.1) is 11.7 Å². The molecular formula is C47H44ClFN10O6. The maximum atomic E-state index is 14.8. The summed E-state index contributed by atoms with van der Waals surface area (Å²) in [7, 11) is 0. The molecule has 5 aromatic rings. The van der Waals surface area contributed by atoms with Gasteiger partial charge in [-0.2, -0.15) is 4.98 Å². The largest absolute Gasteiger partial charge is 0.371 e. The van der Waals surface area contributed by atoms with Gasteiger partial charge in [-0.15, -0.1) is 0 Å². The third kappa shape index (κ3) is 9.37. The third-order valence-corrected chi connectivity index (χ3v) is 12.5. The first-order valence-corrected chi connectivity index (χ1v) is 21.8. The number of benzene rings is 4. The molecule has 0 saturated carbocycles. The van der Waals surface area contributed by atoms with Gasteiger partial charge < -0.3 is 25.8 Å². The Morgan fingerprint density at radius 1 is 0.815 bits per heavy atom. The molecule has 0 radical (unpaired) electrons. The van der Waals surface area contributed by atoms with Crippen LogP contribution in [0.4, 0.5) is 38.9 Å². The molecule has 5 heterocycles. The maximum absolute atomic E-state index is 14.8. The average molecular weight is 899 g/mol. The molecule has 4 N–H and O–H groups in total. The number of piperazine rings is 1. The number of carbonyl (C=O) groups excluding carboxylic acids is 6. The number of halogens is 2. The van der Waals surface area contributed by atoms with E-state index in [4.69, 9.17) is 11.6 Å². The van der Waals surface area contributed by atoms with E-state index >= 15 is 0 Å². The SMILES string of the molecule is O=C1CCC(N2C(=O)c3cccc(N4CCC(CN5CCN(C(=O)Cc6ccc(Nc7ncc(F)c(Nc8ccc(C(=O)Nc9ccccc9Cl)cc8)n7)cc6)CC5)C4)c3C2=O)C(=O)N1. The Kier molecular flexibility index (Phi) is 12.2. The summed E-state index contributed by atoms with van der Waals surface area (Å²) < 4.78 is 14.8. The molecule has 4 aliphatic heterocycles. The molecule has 6 amide bonds. The van der Waals surface area contributed by atoms with E-state index in [1.807, 2.05) is 35.2 Å². The van der Waals surface area contributed by atoms with E-state index in [0.717, 1.165) is 42.7 Å². The Morgan fingerprint density at radius 2 is 1.55 bits per heavy atom. The molecule has 0 aliphatic carbocycles. The highest BCUT2D eigenvalue weighted by molar-refractivity contribution is 6.34. The van der Waals surface area contributed by atoms with Crippen molar-refractivity contribution in [1.29, 1.82) is 0 Å². The number of nitrogens with one attached hydrogen (secondary N) is 4. The normalized spacial score (nSPS) is 18.7. The minimum Gasteiger partial charge on any atom is -0.371 e. The van der Waals surface area contributed by atoms with Crippen LogP contribution in [0.15, 0.2) is 97.2 Å². The van der Waals surface area contributed by atoms with Crippen LogP contribution in [0.25, 0.3) is 0 Å². The number of piperidine rings is 1. The summed E-state index contributed by atoms with van der Waals surface area (Å²) >= 11 is 6.15. The zero-order valence-electron chi connectivity index (χ0n) is 35.1. The van der Waals surface area contributed by atoms with Crippen molar-refractivity contribution < 1.29 is 33.2 Å². The number of fused-ring (bicyclic) bond motifs is 1. The fourth-order valence-electron chi connectivity index (χ4n) is 8.74. The van der Waals surface area contributed by atoms with Crippen LogP contribution in [0.3, 0.4) is 0 Å². The molecular weight excluding hydrogens is 855 g/mol. The zero-order chi connectivity index (χ0) is 45.2. The van der Waals surface area contributed by atoms with E-state index in [1.54, 1.807) is 60.7 Å². The monoisotopic (exact) mass is 898 g/mol. The smallest absolute Gasteiger partial charge is 0.264 e. The van der Waals surface area contributed by atoms with Crippen LogP contribution in [0.2, 0.25) is 5.02 Å². The second-order valence-corrected chi connectivity index (χ2v) is 16.9. The molecule has 4 aromatic carbocycles. The van der Waals surface area contributed by atoms with E-state index in [-0.39, 0.29) is 48.4 Å². The van der Waals surface area contributed by atoms with Gasteiger partial charge in [-0.25, -0.2) is 9.37 Å². The van der Waals surface area contributed by atoms with E-state index in [0.29, 0.717) is 71.0 Å². The Balaban J connectivity index is 0.729. The van der Waals surface area contributed by atoms with Gasteiger partial charge in [-0.1, -0.05) is 41.9 Å². The van der Waals surface area contributed by atoms with Gasteiger partial charge in [0.2, 0.25) is 23.7 Å². The number of para-hydroxylation sites is 1. The van der Waals surface area contributed by atoms with Crippen LogP contribution < -0.4 is 26.2 Å². The predicted octanol–water partition coefficient (Wildman–Crippen LogP) is 5.62. The van der Waals surface area contributed by atoms with E-state index in [2.05, 4.69) is 41.0 Å². The van der Waals surface area contributed by atoms with Gasteiger partial charge in [0.15, 0.2) is 11.6 Å². The highest BCUT2D eigenvalue weighted by Gasteiger charge is 2.46. The summed E-state index contributed by atoms with van der Waals surface area (Å²) in [4.78, 5) is 93.1. The number of rotatable bonds is 12. The summed E-state index contributed by atoms with van der Waals surface area (Å²) in [6.07, 6.45) is 2.37. The minimum absolute atomic E-state index is 0.0349. The average Bonchev–Trinajstić information content (AvgIpc) is 3.87. The maximum Gasteiger partial charge on any atom is 0.264 e. The van der Waals surface area contributed by atoms with Gasteiger partial charge in [0.05, 0.1) is 40.1 Å². The highest BCUT2D eigenvalue weighted by atomic mass is 35.5. The molecule has 18 heteroatoms. The topological polar surface area (TPSA) is 189 Å².